The molecule has 0 spiro atoms. The van der Waals surface area contributed by atoms with Crippen molar-refractivity contribution >= 4 is 28.9 Å². The molecular formula is C11H12Cl2N2. The number of nitriles is 1. The Morgan fingerprint density at radius 2 is 2.07 bits per heavy atom. The molecule has 1 aromatic rings. The van der Waals surface area contributed by atoms with Crippen molar-refractivity contribution in [2.75, 3.05) is 23.6 Å². The van der Waals surface area contributed by atoms with Crippen molar-refractivity contribution in [2.45, 2.75) is 6.42 Å². The molecule has 0 aliphatic heterocycles. The number of alkyl halides is 2. The van der Waals surface area contributed by atoms with E-state index >= 15 is 0 Å². The minimum absolute atomic E-state index is 0.521. The van der Waals surface area contributed by atoms with Crippen LogP contribution in [0.1, 0.15) is 11.1 Å². The smallest absolute Gasteiger partial charge is 0.0994 e. The summed E-state index contributed by atoms with van der Waals surface area (Å²) in [7, 11) is 0. The summed E-state index contributed by atoms with van der Waals surface area (Å²) in [5, 5.41) is 12.0. The van der Waals surface area contributed by atoms with E-state index in [1.807, 2.05) is 12.1 Å². The average molecular weight is 243 g/mol. The quantitative estimate of drug-likeness (QED) is 0.807. The Hall–Kier alpha value is -0.910. The molecule has 0 aliphatic rings. The lowest BCUT2D eigenvalue weighted by Crippen LogP contribution is -2.03. The van der Waals surface area contributed by atoms with Gasteiger partial charge >= 0.3 is 0 Å². The van der Waals surface area contributed by atoms with Crippen molar-refractivity contribution in [1.29, 1.82) is 5.26 Å². The van der Waals surface area contributed by atoms with Gasteiger partial charge in [0.1, 0.15) is 0 Å². The van der Waals surface area contributed by atoms with Gasteiger partial charge in [0, 0.05) is 24.0 Å². The fourth-order valence-electron chi connectivity index (χ4n) is 1.31. The van der Waals surface area contributed by atoms with Crippen LogP contribution in [0.5, 0.6) is 0 Å². The van der Waals surface area contributed by atoms with Gasteiger partial charge in [-0.25, -0.2) is 0 Å². The van der Waals surface area contributed by atoms with Crippen LogP contribution in [0, 0.1) is 11.3 Å². The van der Waals surface area contributed by atoms with Crippen LogP contribution in [0.3, 0.4) is 0 Å². The van der Waals surface area contributed by atoms with Gasteiger partial charge in [-0.15, -0.1) is 23.2 Å². The van der Waals surface area contributed by atoms with E-state index < -0.39 is 0 Å². The van der Waals surface area contributed by atoms with E-state index in [2.05, 4.69) is 11.4 Å². The molecule has 0 amide bonds. The van der Waals surface area contributed by atoms with E-state index in [9.17, 15) is 0 Å². The summed E-state index contributed by atoms with van der Waals surface area (Å²) in [4.78, 5) is 0. The molecule has 15 heavy (non-hydrogen) atoms. The second kappa shape index (κ2) is 6.55. The lowest BCUT2D eigenvalue weighted by molar-refractivity contribution is 1.13. The Morgan fingerprint density at radius 3 is 2.67 bits per heavy atom. The van der Waals surface area contributed by atoms with E-state index in [4.69, 9.17) is 28.5 Å². The Labute approximate surface area is 99.8 Å². The third-order valence-corrected chi connectivity index (χ3v) is 2.39. The first-order chi connectivity index (χ1) is 7.31. The third-order valence-electron chi connectivity index (χ3n) is 2.01. The highest BCUT2D eigenvalue weighted by atomic mass is 35.5. The van der Waals surface area contributed by atoms with Crippen molar-refractivity contribution in [3.8, 4) is 6.07 Å². The molecule has 1 N–H and O–H groups in total. The normalized spacial score (nSPS) is 9.67. The van der Waals surface area contributed by atoms with E-state index in [1.165, 1.54) is 0 Å². The summed E-state index contributed by atoms with van der Waals surface area (Å²) in [5.74, 6) is 1.08. The number of aryl methyl sites for hydroxylation is 1. The average Bonchev–Trinajstić information content (AvgIpc) is 2.27. The number of nitrogens with one attached hydrogen (secondary N) is 1. The van der Waals surface area contributed by atoms with Crippen LogP contribution in [0.2, 0.25) is 0 Å². The fourth-order valence-corrected chi connectivity index (χ4v) is 1.61. The van der Waals surface area contributed by atoms with Crippen molar-refractivity contribution in [1.82, 2.24) is 0 Å². The van der Waals surface area contributed by atoms with Crippen molar-refractivity contribution in [2.24, 2.45) is 0 Å². The van der Waals surface area contributed by atoms with Gasteiger partial charge in [-0.05, 0) is 30.2 Å². The highest BCUT2D eigenvalue weighted by Crippen LogP contribution is 2.16. The van der Waals surface area contributed by atoms with E-state index in [0.29, 0.717) is 30.3 Å². The molecule has 4 heteroatoms. The zero-order chi connectivity index (χ0) is 11.1. The molecule has 0 saturated carbocycles. The molecule has 80 valence electrons. The first-order valence-electron chi connectivity index (χ1n) is 4.70. The summed E-state index contributed by atoms with van der Waals surface area (Å²) < 4.78 is 0. The molecule has 2 nitrogen and oxygen atoms in total. The Balaban J connectivity index is 2.85. The molecule has 1 rings (SSSR count). The maximum Gasteiger partial charge on any atom is 0.0994 e. The minimum atomic E-state index is 0.521. The highest BCUT2D eigenvalue weighted by molar-refractivity contribution is 6.18. The van der Waals surface area contributed by atoms with Gasteiger partial charge in [-0.2, -0.15) is 5.26 Å². The zero-order valence-electron chi connectivity index (χ0n) is 8.26. The van der Waals surface area contributed by atoms with Gasteiger partial charge < -0.3 is 5.32 Å². The van der Waals surface area contributed by atoms with E-state index in [1.54, 1.807) is 6.07 Å². The van der Waals surface area contributed by atoms with Gasteiger partial charge in [0.15, 0.2) is 0 Å². The summed E-state index contributed by atoms with van der Waals surface area (Å²) in [6.45, 7) is 0.716. The molecule has 0 unspecified atom stereocenters. The largest absolute Gasteiger partial charge is 0.384 e. The molecule has 0 saturated heterocycles. The maximum absolute atomic E-state index is 8.88. The van der Waals surface area contributed by atoms with Crippen LogP contribution in [0.25, 0.3) is 0 Å². The fraction of sp³-hybridized carbons (Fsp3) is 0.364. The topological polar surface area (TPSA) is 35.8 Å². The van der Waals surface area contributed by atoms with Crippen LogP contribution < -0.4 is 5.32 Å². The van der Waals surface area contributed by atoms with Crippen molar-refractivity contribution in [3.63, 3.8) is 0 Å². The van der Waals surface area contributed by atoms with Crippen molar-refractivity contribution < 1.29 is 0 Å². The number of rotatable bonds is 5. The molecule has 0 aromatic heterocycles. The van der Waals surface area contributed by atoms with Crippen LogP contribution in [-0.2, 0) is 6.42 Å². The molecule has 0 radical (unpaired) electrons. The van der Waals surface area contributed by atoms with Gasteiger partial charge in [0.25, 0.3) is 0 Å². The second-order valence-electron chi connectivity index (χ2n) is 3.04. The Morgan fingerprint density at radius 1 is 1.27 bits per heavy atom. The lowest BCUT2D eigenvalue weighted by atomic mass is 10.1. The molecule has 0 aliphatic carbocycles. The highest BCUT2D eigenvalue weighted by Gasteiger charge is 2.02. The van der Waals surface area contributed by atoms with E-state index in [-0.39, 0.29) is 0 Å². The Bertz CT molecular complexity index is 358. The number of anilines is 1. The second-order valence-corrected chi connectivity index (χ2v) is 3.79. The van der Waals surface area contributed by atoms with Crippen molar-refractivity contribution in [3.05, 3.63) is 29.3 Å². The molecule has 1 aromatic carbocycles. The van der Waals surface area contributed by atoms with Gasteiger partial charge in [0.2, 0.25) is 0 Å². The number of halogens is 2. The van der Waals surface area contributed by atoms with Gasteiger partial charge in [-0.3, -0.25) is 0 Å². The maximum atomic E-state index is 8.88. The van der Waals surface area contributed by atoms with Gasteiger partial charge in [0.05, 0.1) is 11.6 Å². The van der Waals surface area contributed by atoms with Gasteiger partial charge in [-0.1, -0.05) is 0 Å². The third kappa shape index (κ3) is 3.62. The SMILES string of the molecule is N#Cc1ccc(NCCCl)cc1CCCl. The van der Waals surface area contributed by atoms with Crippen LogP contribution in [-0.4, -0.2) is 18.3 Å². The first-order valence-corrected chi connectivity index (χ1v) is 5.77. The van der Waals surface area contributed by atoms with Crippen LogP contribution in [0.15, 0.2) is 18.2 Å². The predicted octanol–water partition coefficient (Wildman–Crippen LogP) is 2.99. The molecule has 0 atom stereocenters. The van der Waals surface area contributed by atoms with Crippen LogP contribution >= 0.6 is 23.2 Å². The molecular weight excluding hydrogens is 231 g/mol. The lowest BCUT2D eigenvalue weighted by Gasteiger charge is -2.07. The zero-order valence-corrected chi connectivity index (χ0v) is 9.78. The minimum Gasteiger partial charge on any atom is -0.384 e. The monoisotopic (exact) mass is 242 g/mol. The summed E-state index contributed by atoms with van der Waals surface area (Å²) in [5.41, 5.74) is 2.65. The standard InChI is InChI=1S/C11H12Cl2N2/c12-4-3-9-7-11(15-6-5-13)2-1-10(9)8-14/h1-2,7,15H,3-6H2. The Kier molecular flexibility index (Phi) is 5.31. The van der Waals surface area contributed by atoms with Crippen LogP contribution in [0.4, 0.5) is 5.69 Å². The summed E-state index contributed by atoms with van der Waals surface area (Å²) in [6, 6.07) is 7.78. The number of hydrogen-bond donors (Lipinski definition) is 1. The summed E-state index contributed by atoms with van der Waals surface area (Å²) >= 11 is 11.2. The van der Waals surface area contributed by atoms with E-state index in [0.717, 1.165) is 11.3 Å². The molecule has 0 fully saturated rings. The number of hydrogen-bond acceptors (Lipinski definition) is 2. The number of nitrogens with zero attached hydrogens (tertiary/aromatic N) is 1. The molecule has 0 heterocycles. The summed E-state index contributed by atoms with van der Waals surface area (Å²) in [6.07, 6.45) is 0.709. The molecule has 0 bridgehead atoms. The number of benzene rings is 1. The predicted molar refractivity (Wildman–Crippen MR) is 64.8 cm³/mol. The first kappa shape index (κ1) is 12.2.